The van der Waals surface area contributed by atoms with Gasteiger partial charge >= 0.3 is 0 Å². The van der Waals surface area contributed by atoms with Crippen LogP contribution in [-0.2, 0) is 5.41 Å². The van der Waals surface area contributed by atoms with Gasteiger partial charge in [-0.1, -0.05) is 45.0 Å². The van der Waals surface area contributed by atoms with Gasteiger partial charge in [-0.05, 0) is 17.4 Å². The van der Waals surface area contributed by atoms with Gasteiger partial charge in [0.1, 0.15) is 0 Å². The second-order valence-corrected chi connectivity index (χ2v) is 4.16. The first-order valence-corrected chi connectivity index (χ1v) is 4.86. The summed E-state index contributed by atoms with van der Waals surface area (Å²) in [6.07, 6.45) is -1.37. The second kappa shape index (κ2) is 4.07. The molecule has 0 fully saturated rings. The number of alkyl halides is 2. The zero-order chi connectivity index (χ0) is 10.8. The van der Waals surface area contributed by atoms with Crippen molar-refractivity contribution in [2.24, 2.45) is 0 Å². The van der Waals surface area contributed by atoms with Crippen molar-refractivity contribution in [1.29, 1.82) is 0 Å². The summed E-state index contributed by atoms with van der Waals surface area (Å²) in [6, 6.07) is 6.62. The van der Waals surface area contributed by atoms with Crippen LogP contribution in [0.5, 0.6) is 0 Å². The third kappa shape index (κ3) is 2.31. The minimum atomic E-state index is -2.37. The lowest BCUT2D eigenvalue weighted by molar-refractivity contribution is 0.151. The van der Waals surface area contributed by atoms with Crippen LogP contribution in [0.4, 0.5) is 8.78 Å². The van der Waals surface area contributed by atoms with Crippen LogP contribution < -0.4 is 0 Å². The number of halogens is 2. The van der Waals surface area contributed by atoms with E-state index in [4.69, 9.17) is 0 Å². The van der Waals surface area contributed by atoms with Gasteiger partial charge in [0.15, 0.2) is 0 Å². The van der Waals surface area contributed by atoms with Crippen LogP contribution in [-0.4, -0.2) is 0 Å². The predicted molar refractivity (Wildman–Crippen MR) is 54.7 cm³/mol. The van der Waals surface area contributed by atoms with Crippen molar-refractivity contribution in [3.05, 3.63) is 35.4 Å². The van der Waals surface area contributed by atoms with E-state index in [9.17, 15) is 8.78 Å². The van der Waals surface area contributed by atoms with E-state index in [1.165, 1.54) is 12.1 Å². The molecule has 0 saturated heterocycles. The van der Waals surface area contributed by atoms with Crippen LogP contribution in [0.25, 0.3) is 0 Å². The molecule has 0 amide bonds. The fourth-order valence-electron chi connectivity index (χ4n) is 1.28. The molecule has 0 N–H and O–H groups in total. The van der Waals surface area contributed by atoms with Crippen LogP contribution in [0.15, 0.2) is 24.3 Å². The average Bonchev–Trinajstić information content (AvgIpc) is 2.18. The van der Waals surface area contributed by atoms with Crippen LogP contribution in [0.2, 0.25) is 0 Å². The van der Waals surface area contributed by atoms with E-state index in [0.29, 0.717) is 0 Å². The first-order chi connectivity index (χ1) is 6.47. The maximum Gasteiger partial charge on any atom is 0.263 e. The van der Waals surface area contributed by atoms with Crippen molar-refractivity contribution in [2.45, 2.75) is 39.0 Å². The Labute approximate surface area is 84.0 Å². The van der Waals surface area contributed by atoms with Crippen molar-refractivity contribution >= 4 is 0 Å². The summed E-state index contributed by atoms with van der Waals surface area (Å²) in [5, 5.41) is 0. The lowest BCUT2D eigenvalue weighted by Gasteiger charge is -2.23. The van der Waals surface area contributed by atoms with E-state index in [-0.39, 0.29) is 11.0 Å². The lowest BCUT2D eigenvalue weighted by atomic mass is 9.82. The molecule has 1 aromatic carbocycles. The van der Waals surface area contributed by atoms with Gasteiger partial charge in [0.05, 0.1) is 0 Å². The van der Waals surface area contributed by atoms with Gasteiger partial charge in [-0.2, -0.15) is 0 Å². The number of hydrogen-bond acceptors (Lipinski definition) is 0. The highest BCUT2D eigenvalue weighted by molar-refractivity contribution is 5.28. The van der Waals surface area contributed by atoms with Gasteiger partial charge in [0.25, 0.3) is 6.43 Å². The molecule has 0 atom stereocenters. The van der Waals surface area contributed by atoms with Crippen molar-refractivity contribution in [3.63, 3.8) is 0 Å². The molecular weight excluding hydrogens is 182 g/mol. The van der Waals surface area contributed by atoms with Crippen LogP contribution in [0, 0.1) is 0 Å². The molecule has 1 aromatic rings. The van der Waals surface area contributed by atoms with Crippen molar-refractivity contribution in [1.82, 2.24) is 0 Å². The average molecular weight is 198 g/mol. The zero-order valence-corrected chi connectivity index (χ0v) is 8.85. The highest BCUT2D eigenvalue weighted by Gasteiger charge is 2.18. The number of rotatable bonds is 3. The molecule has 0 aliphatic carbocycles. The summed E-state index contributed by atoms with van der Waals surface area (Å²) in [4.78, 5) is 0. The van der Waals surface area contributed by atoms with Gasteiger partial charge < -0.3 is 0 Å². The Kier molecular flexibility index (Phi) is 3.25. The zero-order valence-electron chi connectivity index (χ0n) is 8.85. The molecule has 0 aliphatic heterocycles. The minimum Gasteiger partial charge on any atom is -0.205 e. The first kappa shape index (κ1) is 11.2. The number of benzene rings is 1. The Balaban J connectivity index is 2.94. The largest absolute Gasteiger partial charge is 0.263 e. The molecule has 0 unspecified atom stereocenters. The fraction of sp³-hybridized carbons (Fsp3) is 0.500. The third-order valence-corrected chi connectivity index (χ3v) is 2.83. The van der Waals surface area contributed by atoms with E-state index in [1.54, 1.807) is 12.1 Å². The smallest absolute Gasteiger partial charge is 0.205 e. The fourth-order valence-corrected chi connectivity index (χ4v) is 1.28. The SMILES string of the molecule is CCC(C)(C)c1ccc(C(F)F)cc1. The maximum atomic E-state index is 12.3. The van der Waals surface area contributed by atoms with Crippen molar-refractivity contribution < 1.29 is 8.78 Å². The van der Waals surface area contributed by atoms with Gasteiger partial charge in [0, 0.05) is 5.56 Å². The summed E-state index contributed by atoms with van der Waals surface area (Å²) >= 11 is 0. The molecule has 0 aromatic heterocycles. The van der Waals surface area contributed by atoms with Gasteiger partial charge in [0.2, 0.25) is 0 Å². The molecule has 0 nitrogen and oxygen atoms in total. The summed E-state index contributed by atoms with van der Waals surface area (Å²) in [5.74, 6) is 0. The summed E-state index contributed by atoms with van der Waals surface area (Å²) < 4.78 is 24.6. The summed E-state index contributed by atoms with van der Waals surface area (Å²) in [7, 11) is 0. The molecule has 0 aliphatic rings. The molecule has 78 valence electrons. The van der Waals surface area contributed by atoms with Gasteiger partial charge in [-0.25, -0.2) is 8.78 Å². The Hall–Kier alpha value is -0.920. The van der Waals surface area contributed by atoms with Gasteiger partial charge in [-0.15, -0.1) is 0 Å². The molecule has 2 heteroatoms. The van der Waals surface area contributed by atoms with Gasteiger partial charge in [-0.3, -0.25) is 0 Å². The standard InChI is InChI=1S/C12H16F2/c1-4-12(2,3)10-7-5-9(6-8-10)11(13)14/h5-8,11H,4H2,1-3H3. The topological polar surface area (TPSA) is 0 Å². The molecule has 0 saturated carbocycles. The predicted octanol–water partition coefficient (Wildman–Crippen LogP) is 4.31. The van der Waals surface area contributed by atoms with Crippen LogP contribution in [0.1, 0.15) is 44.7 Å². The highest BCUT2D eigenvalue weighted by Crippen LogP contribution is 2.28. The van der Waals surface area contributed by atoms with E-state index in [1.807, 2.05) is 0 Å². The van der Waals surface area contributed by atoms with Crippen molar-refractivity contribution in [3.8, 4) is 0 Å². The molecule has 14 heavy (non-hydrogen) atoms. The van der Waals surface area contributed by atoms with E-state index in [2.05, 4.69) is 20.8 Å². The lowest BCUT2D eigenvalue weighted by Crippen LogP contribution is -2.15. The van der Waals surface area contributed by atoms with Crippen molar-refractivity contribution in [2.75, 3.05) is 0 Å². The molecule has 0 bridgehead atoms. The van der Waals surface area contributed by atoms with E-state index < -0.39 is 6.43 Å². The molecule has 0 heterocycles. The Morgan fingerprint density at radius 1 is 1.14 bits per heavy atom. The Morgan fingerprint density at radius 2 is 1.64 bits per heavy atom. The Bertz CT molecular complexity index is 286. The molecule has 1 rings (SSSR count). The van der Waals surface area contributed by atoms with Crippen LogP contribution >= 0.6 is 0 Å². The quantitative estimate of drug-likeness (QED) is 0.678. The van der Waals surface area contributed by atoms with E-state index >= 15 is 0 Å². The first-order valence-electron chi connectivity index (χ1n) is 4.86. The summed E-state index contributed by atoms with van der Waals surface area (Å²) in [6.45, 7) is 6.33. The summed E-state index contributed by atoms with van der Waals surface area (Å²) in [5.41, 5.74) is 1.28. The Morgan fingerprint density at radius 3 is 2.00 bits per heavy atom. The highest BCUT2D eigenvalue weighted by atomic mass is 19.3. The molecule has 0 radical (unpaired) electrons. The minimum absolute atomic E-state index is 0.0701. The normalized spacial score (nSPS) is 12.1. The molecular formula is C12H16F2. The maximum absolute atomic E-state index is 12.3. The second-order valence-electron chi connectivity index (χ2n) is 4.16. The molecule has 0 spiro atoms. The third-order valence-electron chi connectivity index (χ3n) is 2.83. The monoisotopic (exact) mass is 198 g/mol. The van der Waals surface area contributed by atoms with Crippen LogP contribution in [0.3, 0.4) is 0 Å². The number of hydrogen-bond donors (Lipinski definition) is 0. The van der Waals surface area contributed by atoms with E-state index in [0.717, 1.165) is 12.0 Å².